The van der Waals surface area contributed by atoms with Gasteiger partial charge in [0.2, 0.25) is 5.91 Å². The number of hydrogen-bond donors (Lipinski definition) is 2. The molecule has 0 aromatic heterocycles. The molecule has 0 radical (unpaired) electrons. The van der Waals surface area contributed by atoms with Crippen molar-refractivity contribution in [2.45, 2.75) is 38.1 Å². The fourth-order valence-corrected chi connectivity index (χ4v) is 3.00. The minimum atomic E-state index is 0.0105. The number of carbonyl (C=O) groups is 1. The van der Waals surface area contributed by atoms with Gasteiger partial charge in [-0.3, -0.25) is 4.79 Å². The quantitative estimate of drug-likeness (QED) is 0.739. The van der Waals surface area contributed by atoms with Gasteiger partial charge < -0.3 is 15.8 Å². The summed E-state index contributed by atoms with van der Waals surface area (Å²) in [6, 6.07) is 0.141. The van der Waals surface area contributed by atoms with Gasteiger partial charge in [0.1, 0.15) is 0 Å². The van der Waals surface area contributed by atoms with Crippen LogP contribution >= 0.6 is 12.2 Å². The summed E-state index contributed by atoms with van der Waals surface area (Å²) in [6.45, 7) is 1.33. The third-order valence-corrected chi connectivity index (χ3v) is 4.04. The molecule has 1 aliphatic carbocycles. The average molecular weight is 256 g/mol. The molecule has 2 fully saturated rings. The zero-order valence-electron chi connectivity index (χ0n) is 9.98. The second kappa shape index (κ2) is 5.78. The molecule has 0 aromatic rings. The van der Waals surface area contributed by atoms with E-state index < -0.39 is 0 Å². The van der Waals surface area contributed by atoms with Crippen LogP contribution in [-0.2, 0) is 9.53 Å². The maximum atomic E-state index is 12.0. The zero-order valence-corrected chi connectivity index (χ0v) is 10.8. The Kier molecular flexibility index (Phi) is 4.34. The van der Waals surface area contributed by atoms with Gasteiger partial charge in [0.15, 0.2) is 0 Å². The summed E-state index contributed by atoms with van der Waals surface area (Å²) in [5, 5.41) is 3.09. The predicted octanol–water partition coefficient (Wildman–Crippen LogP) is 0.984. The lowest BCUT2D eigenvalue weighted by Gasteiger charge is -2.25. The van der Waals surface area contributed by atoms with E-state index in [1.807, 2.05) is 0 Å². The molecular formula is C12H20N2O2S. The summed E-state index contributed by atoms with van der Waals surface area (Å²) < 4.78 is 5.33. The first-order chi connectivity index (χ1) is 8.18. The zero-order chi connectivity index (χ0) is 12.3. The molecule has 17 heavy (non-hydrogen) atoms. The number of hydrogen-bond acceptors (Lipinski definition) is 3. The lowest BCUT2D eigenvalue weighted by molar-refractivity contribution is -0.129. The Morgan fingerprint density at radius 1 is 1.29 bits per heavy atom. The van der Waals surface area contributed by atoms with Crippen molar-refractivity contribution in [2.24, 2.45) is 17.6 Å². The summed E-state index contributed by atoms with van der Waals surface area (Å²) >= 11 is 5.04. The van der Waals surface area contributed by atoms with Crippen molar-refractivity contribution >= 4 is 23.1 Å². The number of ether oxygens (including phenoxy) is 1. The molecule has 2 aliphatic rings. The van der Waals surface area contributed by atoms with Crippen LogP contribution in [0.5, 0.6) is 0 Å². The fraction of sp³-hybridized carbons (Fsp3) is 0.833. The van der Waals surface area contributed by atoms with Crippen molar-refractivity contribution in [3.63, 3.8) is 0 Å². The Hall–Kier alpha value is -0.680. The van der Waals surface area contributed by atoms with Gasteiger partial charge in [0.05, 0.1) is 17.5 Å². The van der Waals surface area contributed by atoms with Crippen LogP contribution in [0.4, 0.5) is 0 Å². The van der Waals surface area contributed by atoms with Gasteiger partial charge in [0.25, 0.3) is 0 Å². The predicted molar refractivity (Wildman–Crippen MR) is 69.6 cm³/mol. The van der Waals surface area contributed by atoms with Crippen molar-refractivity contribution in [1.82, 2.24) is 5.32 Å². The monoisotopic (exact) mass is 256 g/mol. The molecule has 0 aromatic carbocycles. The van der Waals surface area contributed by atoms with Crippen molar-refractivity contribution < 1.29 is 9.53 Å². The highest BCUT2D eigenvalue weighted by Gasteiger charge is 2.32. The van der Waals surface area contributed by atoms with Crippen molar-refractivity contribution in [3.8, 4) is 0 Å². The van der Waals surface area contributed by atoms with E-state index in [0.717, 1.165) is 38.7 Å². The smallest absolute Gasteiger partial charge is 0.225 e. The van der Waals surface area contributed by atoms with Gasteiger partial charge in [-0.15, -0.1) is 0 Å². The Bertz CT molecular complexity index is 303. The second-order valence-electron chi connectivity index (χ2n) is 4.97. The first-order valence-electron chi connectivity index (χ1n) is 6.36. The van der Waals surface area contributed by atoms with Crippen LogP contribution in [0.15, 0.2) is 0 Å². The maximum absolute atomic E-state index is 12.0. The summed E-state index contributed by atoms with van der Waals surface area (Å²) in [7, 11) is 0. The van der Waals surface area contributed by atoms with E-state index in [9.17, 15) is 4.79 Å². The molecule has 5 heteroatoms. The SMILES string of the molecule is NC(=S)C1CCCC1NC(=O)C1CCCOC1. The third-order valence-electron chi connectivity index (χ3n) is 3.74. The first kappa shape index (κ1) is 12.8. The molecule has 1 aliphatic heterocycles. The van der Waals surface area contributed by atoms with Gasteiger partial charge in [-0.2, -0.15) is 0 Å². The maximum Gasteiger partial charge on any atom is 0.225 e. The molecule has 4 nitrogen and oxygen atoms in total. The second-order valence-corrected chi connectivity index (χ2v) is 5.44. The first-order valence-corrected chi connectivity index (χ1v) is 6.76. The number of nitrogens with one attached hydrogen (secondary N) is 1. The summed E-state index contributed by atoms with van der Waals surface area (Å²) in [5.41, 5.74) is 5.70. The number of rotatable bonds is 3. The molecule has 1 saturated carbocycles. The van der Waals surface area contributed by atoms with Crippen LogP contribution in [0.25, 0.3) is 0 Å². The molecule has 1 heterocycles. The summed E-state index contributed by atoms with van der Waals surface area (Å²) in [5.74, 6) is 0.299. The van der Waals surface area contributed by atoms with Crippen LogP contribution in [-0.4, -0.2) is 30.2 Å². The highest BCUT2D eigenvalue weighted by Crippen LogP contribution is 2.26. The minimum absolute atomic E-state index is 0.0105. The normalized spacial score (nSPS) is 33.3. The molecule has 1 saturated heterocycles. The molecule has 0 spiro atoms. The van der Waals surface area contributed by atoms with Crippen LogP contribution in [0, 0.1) is 11.8 Å². The Morgan fingerprint density at radius 2 is 2.12 bits per heavy atom. The van der Waals surface area contributed by atoms with Crippen LogP contribution in [0.2, 0.25) is 0 Å². The largest absolute Gasteiger partial charge is 0.393 e. The topological polar surface area (TPSA) is 64.3 Å². The lowest BCUT2D eigenvalue weighted by atomic mass is 9.99. The van der Waals surface area contributed by atoms with Gasteiger partial charge in [0, 0.05) is 18.6 Å². The molecular weight excluding hydrogens is 236 g/mol. The molecule has 2 rings (SSSR count). The number of thiocarbonyl (C=S) groups is 1. The summed E-state index contributed by atoms with van der Waals surface area (Å²) in [4.78, 5) is 12.6. The van der Waals surface area contributed by atoms with Crippen molar-refractivity contribution in [3.05, 3.63) is 0 Å². The third kappa shape index (κ3) is 3.16. The van der Waals surface area contributed by atoms with Crippen molar-refractivity contribution in [2.75, 3.05) is 13.2 Å². The fourth-order valence-electron chi connectivity index (χ4n) is 2.72. The van der Waals surface area contributed by atoms with E-state index in [-0.39, 0.29) is 23.8 Å². The molecule has 3 unspecified atom stereocenters. The highest BCUT2D eigenvalue weighted by molar-refractivity contribution is 7.80. The Balaban J connectivity index is 1.86. The number of nitrogens with two attached hydrogens (primary N) is 1. The highest BCUT2D eigenvalue weighted by atomic mass is 32.1. The van der Waals surface area contributed by atoms with Crippen LogP contribution in [0.3, 0.4) is 0 Å². The van der Waals surface area contributed by atoms with E-state index in [4.69, 9.17) is 22.7 Å². The van der Waals surface area contributed by atoms with Gasteiger partial charge in [-0.1, -0.05) is 18.6 Å². The van der Waals surface area contributed by atoms with E-state index in [0.29, 0.717) is 11.6 Å². The van der Waals surface area contributed by atoms with E-state index in [2.05, 4.69) is 5.32 Å². The van der Waals surface area contributed by atoms with Crippen molar-refractivity contribution in [1.29, 1.82) is 0 Å². The Morgan fingerprint density at radius 3 is 2.76 bits per heavy atom. The number of carbonyl (C=O) groups excluding carboxylic acids is 1. The molecule has 96 valence electrons. The number of amides is 1. The summed E-state index contributed by atoms with van der Waals surface area (Å²) in [6.07, 6.45) is 4.98. The molecule has 0 bridgehead atoms. The van der Waals surface area contributed by atoms with Gasteiger partial charge in [-0.25, -0.2) is 0 Å². The standard InChI is InChI=1S/C12H20N2O2S/c13-11(17)9-4-1-5-10(9)14-12(15)8-3-2-6-16-7-8/h8-10H,1-7H2,(H2,13,17)(H,14,15). The van der Waals surface area contributed by atoms with E-state index in [1.165, 1.54) is 0 Å². The van der Waals surface area contributed by atoms with Gasteiger partial charge in [-0.05, 0) is 25.7 Å². The molecule has 3 N–H and O–H groups in total. The average Bonchev–Trinajstić information content (AvgIpc) is 2.78. The molecule has 1 amide bonds. The van der Waals surface area contributed by atoms with E-state index >= 15 is 0 Å². The van der Waals surface area contributed by atoms with E-state index in [1.54, 1.807) is 0 Å². The Labute approximate surface area is 107 Å². The van der Waals surface area contributed by atoms with Crippen LogP contribution in [0.1, 0.15) is 32.1 Å². The van der Waals surface area contributed by atoms with Crippen LogP contribution < -0.4 is 11.1 Å². The van der Waals surface area contributed by atoms with Gasteiger partial charge >= 0.3 is 0 Å². The lowest BCUT2D eigenvalue weighted by Crippen LogP contribution is -2.45. The molecule has 3 atom stereocenters. The minimum Gasteiger partial charge on any atom is -0.393 e.